The van der Waals surface area contributed by atoms with E-state index in [1.54, 1.807) is 0 Å². The second kappa shape index (κ2) is 7.11. The van der Waals surface area contributed by atoms with E-state index in [-0.39, 0.29) is 11.3 Å². The summed E-state index contributed by atoms with van der Waals surface area (Å²) in [6.07, 6.45) is 2.41. The fraction of sp³-hybridized carbons (Fsp3) is 0.471. The number of hydrogen-bond donors (Lipinski definition) is 2. The lowest BCUT2D eigenvalue weighted by atomic mass is 9.86. The Morgan fingerprint density at radius 1 is 1.29 bits per heavy atom. The number of para-hydroxylation sites is 1. The monoisotopic (exact) mass is 362 g/mol. The number of thioether (sulfide) groups is 1. The Labute approximate surface area is 150 Å². The molecule has 0 radical (unpaired) electrons. The number of nitrogens with one attached hydrogen (secondary N) is 2. The van der Waals surface area contributed by atoms with Crippen LogP contribution in [-0.4, -0.2) is 27.9 Å². The van der Waals surface area contributed by atoms with Crippen molar-refractivity contribution < 1.29 is 4.79 Å². The first-order chi connectivity index (χ1) is 11.4. The fourth-order valence-electron chi connectivity index (χ4n) is 2.29. The van der Waals surface area contributed by atoms with Gasteiger partial charge >= 0.3 is 0 Å². The van der Waals surface area contributed by atoms with E-state index in [0.29, 0.717) is 11.8 Å². The van der Waals surface area contributed by atoms with Gasteiger partial charge in [-0.3, -0.25) is 4.79 Å². The van der Waals surface area contributed by atoms with E-state index in [1.165, 1.54) is 35.9 Å². The van der Waals surface area contributed by atoms with Gasteiger partial charge in [0.25, 0.3) is 0 Å². The summed E-state index contributed by atoms with van der Waals surface area (Å²) >= 11 is 2.93. The van der Waals surface area contributed by atoms with Gasteiger partial charge < -0.3 is 10.6 Å². The Bertz CT molecular complexity index is 719. The number of nitrogens with zero attached hydrogens (tertiary/aromatic N) is 2. The van der Waals surface area contributed by atoms with Crippen LogP contribution in [0.25, 0.3) is 0 Å². The lowest BCUT2D eigenvalue weighted by Crippen LogP contribution is -2.19. The Hall–Kier alpha value is -1.60. The van der Waals surface area contributed by atoms with Gasteiger partial charge in [0.2, 0.25) is 11.0 Å². The standard InChI is InChI=1S/C17H22N4OS2/c1-17(2,3)12-6-4-5-7-13(12)19-14(22)10-23-16-21-20-15(24-16)18-11-8-9-11/h4-7,11H,8-10H2,1-3H3,(H,18,20)(H,19,22). The molecule has 0 saturated heterocycles. The van der Waals surface area contributed by atoms with Crippen LogP contribution in [0.3, 0.4) is 0 Å². The third kappa shape index (κ3) is 4.70. The molecule has 128 valence electrons. The molecule has 3 rings (SSSR count). The molecular formula is C17H22N4OS2. The average Bonchev–Trinajstić information content (AvgIpc) is 3.21. The first-order valence-corrected chi connectivity index (χ1v) is 9.84. The molecule has 2 aromatic rings. The number of anilines is 2. The smallest absolute Gasteiger partial charge is 0.234 e. The van der Waals surface area contributed by atoms with Crippen LogP contribution in [0, 0.1) is 0 Å². The zero-order chi connectivity index (χ0) is 17.2. The summed E-state index contributed by atoms with van der Waals surface area (Å²) in [5, 5.41) is 15.4. The second-order valence-electron chi connectivity index (χ2n) is 6.92. The molecule has 0 atom stereocenters. The average molecular weight is 363 g/mol. The van der Waals surface area contributed by atoms with Crippen LogP contribution in [-0.2, 0) is 10.2 Å². The largest absolute Gasteiger partial charge is 0.357 e. The van der Waals surface area contributed by atoms with Crippen LogP contribution in [0.15, 0.2) is 28.6 Å². The van der Waals surface area contributed by atoms with Crippen LogP contribution in [0.1, 0.15) is 39.2 Å². The Balaban J connectivity index is 1.55. The Morgan fingerprint density at radius 3 is 2.75 bits per heavy atom. The minimum absolute atomic E-state index is 0.0143. The topological polar surface area (TPSA) is 66.9 Å². The van der Waals surface area contributed by atoms with Crippen LogP contribution < -0.4 is 10.6 Å². The van der Waals surface area contributed by atoms with Crippen LogP contribution in [0.5, 0.6) is 0 Å². The van der Waals surface area contributed by atoms with E-state index in [2.05, 4.69) is 47.7 Å². The van der Waals surface area contributed by atoms with E-state index < -0.39 is 0 Å². The van der Waals surface area contributed by atoms with Crippen LogP contribution in [0.2, 0.25) is 0 Å². The van der Waals surface area contributed by atoms with Gasteiger partial charge in [-0.1, -0.05) is 62.1 Å². The predicted molar refractivity (Wildman–Crippen MR) is 101 cm³/mol. The molecular weight excluding hydrogens is 340 g/mol. The minimum atomic E-state index is -0.0244. The van der Waals surface area contributed by atoms with Crippen molar-refractivity contribution in [2.75, 3.05) is 16.4 Å². The molecule has 1 heterocycles. The van der Waals surface area contributed by atoms with Crippen molar-refractivity contribution in [1.82, 2.24) is 10.2 Å². The molecule has 1 amide bonds. The summed E-state index contributed by atoms with van der Waals surface area (Å²) in [5.41, 5.74) is 2.00. The van der Waals surface area contributed by atoms with Crippen LogP contribution in [0.4, 0.5) is 10.8 Å². The maximum absolute atomic E-state index is 12.3. The maximum Gasteiger partial charge on any atom is 0.234 e. The normalized spacial score (nSPS) is 14.5. The summed E-state index contributed by atoms with van der Waals surface area (Å²) in [7, 11) is 0. The number of aromatic nitrogens is 2. The first kappa shape index (κ1) is 17.2. The van der Waals surface area contributed by atoms with Gasteiger partial charge in [0.1, 0.15) is 0 Å². The lowest BCUT2D eigenvalue weighted by molar-refractivity contribution is -0.113. The number of carbonyl (C=O) groups excluding carboxylic acids is 1. The van der Waals surface area contributed by atoms with Crippen molar-refractivity contribution >= 4 is 39.8 Å². The highest BCUT2D eigenvalue weighted by atomic mass is 32.2. The number of hydrogen-bond acceptors (Lipinski definition) is 6. The summed E-state index contributed by atoms with van der Waals surface area (Å²) in [5.74, 6) is 0.305. The van der Waals surface area contributed by atoms with Crippen LogP contribution >= 0.6 is 23.1 Å². The molecule has 0 aliphatic heterocycles. The van der Waals surface area contributed by atoms with E-state index in [4.69, 9.17) is 0 Å². The predicted octanol–water partition coefficient (Wildman–Crippen LogP) is 4.14. The molecule has 1 saturated carbocycles. The zero-order valence-electron chi connectivity index (χ0n) is 14.1. The molecule has 7 heteroatoms. The molecule has 1 fully saturated rings. The molecule has 24 heavy (non-hydrogen) atoms. The fourth-order valence-corrected chi connectivity index (χ4v) is 3.92. The maximum atomic E-state index is 12.3. The van der Waals surface area contributed by atoms with Gasteiger partial charge in [-0.2, -0.15) is 0 Å². The third-order valence-electron chi connectivity index (χ3n) is 3.65. The quantitative estimate of drug-likeness (QED) is 0.756. The molecule has 5 nitrogen and oxygen atoms in total. The molecule has 0 bridgehead atoms. The highest BCUT2D eigenvalue weighted by Gasteiger charge is 2.22. The molecule has 1 aliphatic rings. The van der Waals surface area contributed by atoms with Gasteiger partial charge in [0.15, 0.2) is 4.34 Å². The van der Waals surface area contributed by atoms with Gasteiger partial charge in [0, 0.05) is 11.7 Å². The molecule has 1 aromatic heterocycles. The van der Waals surface area contributed by atoms with Gasteiger partial charge in [-0.15, -0.1) is 10.2 Å². The first-order valence-electron chi connectivity index (χ1n) is 8.04. The minimum Gasteiger partial charge on any atom is -0.357 e. The van der Waals surface area contributed by atoms with Crippen molar-refractivity contribution in [3.63, 3.8) is 0 Å². The van der Waals surface area contributed by atoms with E-state index >= 15 is 0 Å². The highest BCUT2D eigenvalue weighted by Crippen LogP contribution is 2.31. The molecule has 0 unspecified atom stereocenters. The summed E-state index contributed by atoms with van der Waals surface area (Å²) in [6.45, 7) is 6.42. The Morgan fingerprint density at radius 2 is 2.04 bits per heavy atom. The summed E-state index contributed by atoms with van der Waals surface area (Å²) < 4.78 is 0.817. The Kier molecular flexibility index (Phi) is 5.10. The van der Waals surface area contributed by atoms with E-state index in [9.17, 15) is 4.79 Å². The van der Waals surface area contributed by atoms with Crippen molar-refractivity contribution in [2.24, 2.45) is 0 Å². The van der Waals surface area contributed by atoms with Gasteiger partial charge in [0.05, 0.1) is 5.75 Å². The van der Waals surface area contributed by atoms with Crippen molar-refractivity contribution in [3.8, 4) is 0 Å². The zero-order valence-corrected chi connectivity index (χ0v) is 15.8. The number of rotatable bonds is 6. The molecule has 0 spiro atoms. The summed E-state index contributed by atoms with van der Waals surface area (Å²) in [4.78, 5) is 12.3. The number of benzene rings is 1. The number of carbonyl (C=O) groups is 1. The number of amides is 1. The SMILES string of the molecule is CC(C)(C)c1ccccc1NC(=O)CSc1nnc(NC2CC2)s1. The van der Waals surface area contributed by atoms with Gasteiger partial charge in [-0.05, 0) is 29.9 Å². The second-order valence-corrected chi connectivity index (χ2v) is 9.12. The molecule has 1 aliphatic carbocycles. The highest BCUT2D eigenvalue weighted by molar-refractivity contribution is 8.01. The lowest BCUT2D eigenvalue weighted by Gasteiger charge is -2.22. The third-order valence-corrected chi connectivity index (χ3v) is 5.64. The van der Waals surface area contributed by atoms with Crippen molar-refractivity contribution in [1.29, 1.82) is 0 Å². The molecule has 1 aromatic carbocycles. The van der Waals surface area contributed by atoms with E-state index in [1.807, 2.05) is 18.2 Å². The van der Waals surface area contributed by atoms with Gasteiger partial charge in [-0.25, -0.2) is 0 Å². The van der Waals surface area contributed by atoms with E-state index in [0.717, 1.165) is 20.7 Å². The van der Waals surface area contributed by atoms with Crippen molar-refractivity contribution in [3.05, 3.63) is 29.8 Å². The van der Waals surface area contributed by atoms with Crippen molar-refractivity contribution in [2.45, 2.75) is 49.4 Å². The summed E-state index contributed by atoms with van der Waals surface area (Å²) in [6, 6.07) is 8.52. The molecule has 2 N–H and O–H groups in total.